The summed E-state index contributed by atoms with van der Waals surface area (Å²) < 4.78 is 4.74. The van der Waals surface area contributed by atoms with E-state index in [1.54, 1.807) is 0 Å². The number of carbonyl (C=O) groups is 1. The van der Waals surface area contributed by atoms with Crippen LogP contribution in [0.15, 0.2) is 0 Å². The van der Waals surface area contributed by atoms with Gasteiger partial charge in [-0.2, -0.15) is 0 Å². The molecule has 0 bridgehead atoms. The van der Waals surface area contributed by atoms with Crippen molar-refractivity contribution in [1.82, 2.24) is 5.32 Å². The van der Waals surface area contributed by atoms with E-state index in [9.17, 15) is 4.79 Å². The topological polar surface area (TPSA) is 38.3 Å². The number of esters is 1. The Morgan fingerprint density at radius 2 is 1.87 bits per heavy atom. The van der Waals surface area contributed by atoms with E-state index in [1.165, 1.54) is 39.2 Å². The van der Waals surface area contributed by atoms with E-state index >= 15 is 0 Å². The largest absolute Gasteiger partial charge is 0.469 e. The van der Waals surface area contributed by atoms with Crippen molar-refractivity contribution < 1.29 is 9.53 Å². The summed E-state index contributed by atoms with van der Waals surface area (Å²) in [5.41, 5.74) is 0. The Kier molecular flexibility index (Phi) is 5.09. The van der Waals surface area contributed by atoms with E-state index < -0.39 is 0 Å². The van der Waals surface area contributed by atoms with Crippen LogP contribution in [0.25, 0.3) is 0 Å². The molecule has 1 saturated carbocycles. The molecule has 0 aromatic heterocycles. The zero-order valence-electron chi connectivity index (χ0n) is 10.1. The normalized spacial score (nSPS) is 22.1. The summed E-state index contributed by atoms with van der Waals surface area (Å²) in [7, 11) is 1.45. The summed E-state index contributed by atoms with van der Waals surface area (Å²) in [4.78, 5) is 11.3. The summed E-state index contributed by atoms with van der Waals surface area (Å²) in [6.07, 6.45) is 6.49. The lowest BCUT2D eigenvalue weighted by Crippen LogP contribution is -2.43. The first kappa shape index (κ1) is 12.5. The summed E-state index contributed by atoms with van der Waals surface area (Å²) in [6, 6.07) is 0.807. The fraction of sp³-hybridized carbons (Fsp3) is 0.917. The van der Waals surface area contributed by atoms with Crippen LogP contribution in [0.4, 0.5) is 0 Å². The highest BCUT2D eigenvalue weighted by Crippen LogP contribution is 2.19. The van der Waals surface area contributed by atoms with Crippen molar-refractivity contribution in [2.45, 2.75) is 58.0 Å². The molecule has 1 aliphatic rings. The average Bonchev–Trinajstić information content (AvgIpc) is 2.28. The van der Waals surface area contributed by atoms with E-state index in [2.05, 4.69) is 12.2 Å². The van der Waals surface area contributed by atoms with Crippen molar-refractivity contribution in [3.8, 4) is 0 Å². The van der Waals surface area contributed by atoms with Gasteiger partial charge in [0.05, 0.1) is 13.0 Å². The maximum absolute atomic E-state index is 11.3. The SMILES string of the molecule is COC(=O)C(C)C(C)NC1CCCCC1. The van der Waals surface area contributed by atoms with Crippen LogP contribution in [0.1, 0.15) is 46.0 Å². The van der Waals surface area contributed by atoms with Gasteiger partial charge in [-0.15, -0.1) is 0 Å². The molecule has 0 radical (unpaired) electrons. The van der Waals surface area contributed by atoms with Gasteiger partial charge in [-0.1, -0.05) is 26.2 Å². The van der Waals surface area contributed by atoms with Gasteiger partial charge < -0.3 is 10.1 Å². The Bertz CT molecular complexity index is 200. The van der Waals surface area contributed by atoms with Gasteiger partial charge >= 0.3 is 5.97 Å². The fourth-order valence-corrected chi connectivity index (χ4v) is 2.18. The van der Waals surface area contributed by atoms with Gasteiger partial charge in [-0.3, -0.25) is 4.79 Å². The van der Waals surface area contributed by atoms with Crippen LogP contribution in [0.2, 0.25) is 0 Å². The number of ether oxygens (including phenoxy) is 1. The molecule has 3 heteroatoms. The lowest BCUT2D eigenvalue weighted by Gasteiger charge is -2.28. The minimum absolute atomic E-state index is 0.0584. The van der Waals surface area contributed by atoms with Crippen LogP contribution in [-0.4, -0.2) is 25.2 Å². The fourth-order valence-electron chi connectivity index (χ4n) is 2.18. The van der Waals surface area contributed by atoms with Crippen LogP contribution in [0.3, 0.4) is 0 Å². The summed E-state index contributed by atoms with van der Waals surface area (Å²) in [5.74, 6) is -0.178. The number of nitrogens with one attached hydrogen (secondary N) is 1. The summed E-state index contributed by atoms with van der Waals surface area (Å²) in [5, 5.41) is 3.53. The van der Waals surface area contributed by atoms with Crippen molar-refractivity contribution in [2.75, 3.05) is 7.11 Å². The molecule has 2 unspecified atom stereocenters. The van der Waals surface area contributed by atoms with Gasteiger partial charge in [0.1, 0.15) is 0 Å². The van der Waals surface area contributed by atoms with Gasteiger partial charge in [-0.05, 0) is 19.8 Å². The Morgan fingerprint density at radius 3 is 2.40 bits per heavy atom. The molecule has 1 fully saturated rings. The van der Waals surface area contributed by atoms with E-state index in [0.717, 1.165) is 0 Å². The molecule has 0 aromatic rings. The van der Waals surface area contributed by atoms with Crippen LogP contribution >= 0.6 is 0 Å². The van der Waals surface area contributed by atoms with Crippen molar-refractivity contribution in [2.24, 2.45) is 5.92 Å². The highest BCUT2D eigenvalue weighted by molar-refractivity contribution is 5.72. The molecule has 0 aliphatic heterocycles. The smallest absolute Gasteiger partial charge is 0.309 e. The molecule has 3 nitrogen and oxygen atoms in total. The molecule has 1 rings (SSSR count). The van der Waals surface area contributed by atoms with Crippen LogP contribution in [-0.2, 0) is 9.53 Å². The predicted octanol–water partition coefficient (Wildman–Crippen LogP) is 2.11. The van der Waals surface area contributed by atoms with E-state index in [4.69, 9.17) is 4.74 Å². The third kappa shape index (κ3) is 3.82. The predicted molar refractivity (Wildman–Crippen MR) is 60.7 cm³/mol. The van der Waals surface area contributed by atoms with E-state index in [-0.39, 0.29) is 17.9 Å². The number of methoxy groups -OCH3 is 1. The zero-order valence-corrected chi connectivity index (χ0v) is 10.1. The molecular formula is C12H23NO2. The number of rotatable bonds is 4. The van der Waals surface area contributed by atoms with Gasteiger partial charge in [-0.25, -0.2) is 0 Å². The molecule has 88 valence electrons. The first-order chi connectivity index (χ1) is 7.15. The second kappa shape index (κ2) is 6.11. The standard InChI is InChI=1S/C12H23NO2/c1-9(12(14)15-3)10(2)13-11-7-5-4-6-8-11/h9-11,13H,4-8H2,1-3H3. The number of hydrogen-bond acceptors (Lipinski definition) is 3. The van der Waals surface area contributed by atoms with Crippen LogP contribution < -0.4 is 5.32 Å². The van der Waals surface area contributed by atoms with E-state index in [0.29, 0.717) is 6.04 Å². The van der Waals surface area contributed by atoms with Gasteiger partial charge in [0.25, 0.3) is 0 Å². The third-order valence-corrected chi connectivity index (χ3v) is 3.43. The molecule has 0 aromatic carbocycles. The summed E-state index contributed by atoms with van der Waals surface area (Å²) >= 11 is 0. The molecule has 0 amide bonds. The molecule has 1 aliphatic carbocycles. The first-order valence-electron chi connectivity index (χ1n) is 5.99. The second-order valence-electron chi connectivity index (χ2n) is 4.60. The maximum atomic E-state index is 11.3. The second-order valence-corrected chi connectivity index (χ2v) is 4.60. The zero-order chi connectivity index (χ0) is 11.3. The maximum Gasteiger partial charge on any atom is 0.309 e. The molecule has 0 heterocycles. The highest BCUT2D eigenvalue weighted by Gasteiger charge is 2.23. The Labute approximate surface area is 92.6 Å². The Balaban J connectivity index is 2.32. The van der Waals surface area contributed by atoms with Crippen molar-refractivity contribution in [3.63, 3.8) is 0 Å². The molecule has 2 atom stereocenters. The third-order valence-electron chi connectivity index (χ3n) is 3.43. The molecule has 0 spiro atoms. The van der Waals surface area contributed by atoms with Gasteiger partial charge in [0, 0.05) is 12.1 Å². The number of carbonyl (C=O) groups excluding carboxylic acids is 1. The van der Waals surface area contributed by atoms with Gasteiger partial charge in [0.2, 0.25) is 0 Å². The molecule has 0 saturated heterocycles. The quantitative estimate of drug-likeness (QED) is 0.727. The van der Waals surface area contributed by atoms with E-state index in [1.807, 2.05) is 6.92 Å². The van der Waals surface area contributed by atoms with Crippen LogP contribution in [0, 0.1) is 5.92 Å². The lowest BCUT2D eigenvalue weighted by molar-refractivity contribution is -0.145. The minimum Gasteiger partial charge on any atom is -0.469 e. The summed E-state index contributed by atoms with van der Waals surface area (Å²) in [6.45, 7) is 3.99. The molecule has 15 heavy (non-hydrogen) atoms. The van der Waals surface area contributed by atoms with Gasteiger partial charge in [0.15, 0.2) is 0 Å². The monoisotopic (exact) mass is 213 g/mol. The average molecular weight is 213 g/mol. The van der Waals surface area contributed by atoms with Crippen LogP contribution in [0.5, 0.6) is 0 Å². The van der Waals surface area contributed by atoms with Crippen molar-refractivity contribution >= 4 is 5.97 Å². The van der Waals surface area contributed by atoms with Crippen molar-refractivity contribution in [3.05, 3.63) is 0 Å². The molecule has 1 N–H and O–H groups in total. The van der Waals surface area contributed by atoms with Crippen molar-refractivity contribution in [1.29, 1.82) is 0 Å². The molecular weight excluding hydrogens is 190 g/mol. The Morgan fingerprint density at radius 1 is 1.27 bits per heavy atom. The number of hydrogen-bond donors (Lipinski definition) is 1. The lowest BCUT2D eigenvalue weighted by atomic mass is 9.93. The highest BCUT2D eigenvalue weighted by atomic mass is 16.5. The Hall–Kier alpha value is -0.570. The minimum atomic E-state index is -0.120. The first-order valence-corrected chi connectivity index (χ1v) is 5.99.